The minimum Gasteiger partial charge on any atom is -0.369 e. The van der Waals surface area contributed by atoms with Crippen molar-refractivity contribution in [3.05, 3.63) is 40.4 Å². The molecule has 0 unspecified atom stereocenters. The Hall–Kier alpha value is -1.59. The second-order valence-electron chi connectivity index (χ2n) is 6.48. The van der Waals surface area contributed by atoms with E-state index in [2.05, 4.69) is 43.6 Å². The summed E-state index contributed by atoms with van der Waals surface area (Å²) in [5.74, 6) is 2.29. The summed E-state index contributed by atoms with van der Waals surface area (Å²) in [6.07, 6.45) is 2.29. The molecule has 122 valence electrons. The zero-order valence-electron chi connectivity index (χ0n) is 13.5. The Morgan fingerprint density at radius 2 is 1.91 bits per heavy atom. The smallest absolute Gasteiger partial charge is 0.147 e. The molecule has 1 saturated heterocycles. The Morgan fingerprint density at radius 3 is 2.74 bits per heavy atom. The number of aromatic nitrogens is 3. The van der Waals surface area contributed by atoms with Gasteiger partial charge in [0.25, 0.3) is 0 Å². The molecule has 1 fully saturated rings. The molecule has 0 aliphatic carbocycles. The number of hydrogen-bond donors (Lipinski definition) is 0. The number of benzene rings is 1. The van der Waals surface area contributed by atoms with E-state index < -0.39 is 0 Å². The van der Waals surface area contributed by atoms with Crippen molar-refractivity contribution in [2.75, 3.05) is 31.1 Å². The molecular weight excluding hydrogens is 310 g/mol. The van der Waals surface area contributed by atoms with Crippen molar-refractivity contribution < 1.29 is 0 Å². The minimum absolute atomic E-state index is 0.812. The molecule has 0 spiro atoms. The SMILES string of the molecule is Cc1ccc(Cl)cc1N1CCN(Cc2nnc3n2CCC3)CC1. The van der Waals surface area contributed by atoms with E-state index in [9.17, 15) is 0 Å². The van der Waals surface area contributed by atoms with E-state index in [4.69, 9.17) is 11.6 Å². The maximum Gasteiger partial charge on any atom is 0.147 e. The molecule has 4 rings (SSSR count). The molecule has 2 aromatic rings. The molecule has 2 aliphatic rings. The predicted octanol–water partition coefficient (Wildman–Crippen LogP) is 2.51. The average Bonchev–Trinajstić information content (AvgIpc) is 3.16. The first-order chi connectivity index (χ1) is 11.2. The first-order valence-electron chi connectivity index (χ1n) is 8.35. The van der Waals surface area contributed by atoms with E-state index in [-0.39, 0.29) is 0 Å². The summed E-state index contributed by atoms with van der Waals surface area (Å²) >= 11 is 6.16. The normalized spacial score (nSPS) is 18.4. The second-order valence-corrected chi connectivity index (χ2v) is 6.92. The molecule has 23 heavy (non-hydrogen) atoms. The van der Waals surface area contributed by atoms with Crippen LogP contribution in [0.25, 0.3) is 0 Å². The van der Waals surface area contributed by atoms with Crippen molar-refractivity contribution in [3.63, 3.8) is 0 Å². The highest BCUT2D eigenvalue weighted by atomic mass is 35.5. The fraction of sp³-hybridized carbons (Fsp3) is 0.529. The molecule has 0 radical (unpaired) electrons. The van der Waals surface area contributed by atoms with Gasteiger partial charge in [-0.15, -0.1) is 10.2 Å². The van der Waals surface area contributed by atoms with E-state index in [0.717, 1.165) is 62.4 Å². The first-order valence-corrected chi connectivity index (χ1v) is 8.73. The highest BCUT2D eigenvalue weighted by Gasteiger charge is 2.22. The van der Waals surface area contributed by atoms with Crippen molar-refractivity contribution in [2.24, 2.45) is 0 Å². The Balaban J connectivity index is 1.40. The van der Waals surface area contributed by atoms with Crippen LogP contribution in [-0.2, 0) is 19.5 Å². The van der Waals surface area contributed by atoms with Crippen LogP contribution in [0.2, 0.25) is 5.02 Å². The summed E-state index contributed by atoms with van der Waals surface area (Å²) < 4.78 is 2.30. The molecule has 5 nitrogen and oxygen atoms in total. The van der Waals surface area contributed by atoms with Crippen molar-refractivity contribution in [3.8, 4) is 0 Å². The molecule has 0 atom stereocenters. The lowest BCUT2D eigenvalue weighted by Gasteiger charge is -2.36. The van der Waals surface area contributed by atoms with E-state index in [0.29, 0.717) is 0 Å². The third kappa shape index (κ3) is 2.95. The Kier molecular flexibility index (Phi) is 3.99. The van der Waals surface area contributed by atoms with Gasteiger partial charge >= 0.3 is 0 Å². The van der Waals surface area contributed by atoms with Crippen molar-refractivity contribution in [2.45, 2.75) is 32.9 Å². The number of fused-ring (bicyclic) bond motifs is 1. The van der Waals surface area contributed by atoms with Gasteiger partial charge in [0.2, 0.25) is 0 Å². The van der Waals surface area contributed by atoms with Crippen LogP contribution in [0, 0.1) is 6.92 Å². The molecule has 0 bridgehead atoms. The molecule has 0 amide bonds. The van der Waals surface area contributed by atoms with Crippen molar-refractivity contribution >= 4 is 17.3 Å². The Labute approximate surface area is 141 Å². The van der Waals surface area contributed by atoms with Gasteiger partial charge < -0.3 is 9.47 Å². The predicted molar refractivity (Wildman–Crippen MR) is 92.0 cm³/mol. The number of rotatable bonds is 3. The monoisotopic (exact) mass is 331 g/mol. The largest absolute Gasteiger partial charge is 0.369 e. The van der Waals surface area contributed by atoms with Gasteiger partial charge in [-0.25, -0.2) is 0 Å². The van der Waals surface area contributed by atoms with E-state index in [1.165, 1.54) is 17.7 Å². The van der Waals surface area contributed by atoms with Crippen LogP contribution >= 0.6 is 11.6 Å². The zero-order valence-corrected chi connectivity index (χ0v) is 14.3. The standard InChI is InChI=1S/C17H22ClN5/c1-13-4-5-14(18)11-15(13)22-9-7-21(8-10-22)12-17-20-19-16-3-2-6-23(16)17/h4-5,11H,2-3,6-10,12H2,1H3. The summed E-state index contributed by atoms with van der Waals surface area (Å²) in [7, 11) is 0. The summed E-state index contributed by atoms with van der Waals surface area (Å²) in [6, 6.07) is 6.14. The first kappa shape index (κ1) is 15.0. The lowest BCUT2D eigenvalue weighted by Crippen LogP contribution is -2.46. The Bertz CT molecular complexity index is 703. The number of halogens is 1. The molecule has 0 N–H and O–H groups in total. The van der Waals surface area contributed by atoms with Gasteiger partial charge in [-0.05, 0) is 31.0 Å². The highest BCUT2D eigenvalue weighted by Crippen LogP contribution is 2.25. The molecule has 6 heteroatoms. The number of hydrogen-bond acceptors (Lipinski definition) is 4. The topological polar surface area (TPSA) is 37.2 Å². The number of aryl methyl sites for hydroxylation is 2. The number of anilines is 1. The molecule has 1 aromatic carbocycles. The van der Waals surface area contributed by atoms with Crippen LogP contribution in [0.5, 0.6) is 0 Å². The van der Waals surface area contributed by atoms with Crippen LogP contribution in [0.3, 0.4) is 0 Å². The van der Waals surface area contributed by atoms with Crippen LogP contribution in [0.1, 0.15) is 23.6 Å². The van der Waals surface area contributed by atoms with Crippen LogP contribution < -0.4 is 4.90 Å². The lowest BCUT2D eigenvalue weighted by atomic mass is 10.1. The van der Waals surface area contributed by atoms with Gasteiger partial charge in [-0.2, -0.15) is 0 Å². The van der Waals surface area contributed by atoms with E-state index in [1.807, 2.05) is 6.07 Å². The summed E-state index contributed by atoms with van der Waals surface area (Å²) in [4.78, 5) is 4.91. The van der Waals surface area contributed by atoms with Crippen molar-refractivity contribution in [1.29, 1.82) is 0 Å². The van der Waals surface area contributed by atoms with Gasteiger partial charge in [0.05, 0.1) is 6.54 Å². The van der Waals surface area contributed by atoms with Gasteiger partial charge in [-0.3, -0.25) is 4.90 Å². The second kappa shape index (κ2) is 6.13. The average molecular weight is 332 g/mol. The molecule has 3 heterocycles. The highest BCUT2D eigenvalue weighted by molar-refractivity contribution is 6.30. The van der Waals surface area contributed by atoms with Crippen molar-refractivity contribution in [1.82, 2.24) is 19.7 Å². The van der Waals surface area contributed by atoms with Gasteiger partial charge in [0, 0.05) is 49.9 Å². The fourth-order valence-corrected chi connectivity index (χ4v) is 3.76. The van der Waals surface area contributed by atoms with Gasteiger partial charge in [-0.1, -0.05) is 17.7 Å². The van der Waals surface area contributed by atoms with E-state index >= 15 is 0 Å². The van der Waals surface area contributed by atoms with Crippen LogP contribution in [0.4, 0.5) is 5.69 Å². The molecule has 0 saturated carbocycles. The van der Waals surface area contributed by atoms with Crippen LogP contribution in [-0.4, -0.2) is 45.8 Å². The summed E-state index contributed by atoms with van der Waals surface area (Å²) in [5.41, 5.74) is 2.55. The minimum atomic E-state index is 0.812. The maximum absolute atomic E-state index is 6.16. The quantitative estimate of drug-likeness (QED) is 0.866. The molecular formula is C17H22ClN5. The fourth-order valence-electron chi connectivity index (χ4n) is 3.60. The number of piperazine rings is 1. The van der Waals surface area contributed by atoms with Crippen LogP contribution in [0.15, 0.2) is 18.2 Å². The maximum atomic E-state index is 6.16. The summed E-state index contributed by atoms with van der Waals surface area (Å²) in [6.45, 7) is 8.30. The lowest BCUT2D eigenvalue weighted by molar-refractivity contribution is 0.240. The zero-order chi connectivity index (χ0) is 15.8. The Morgan fingerprint density at radius 1 is 1.09 bits per heavy atom. The third-order valence-electron chi connectivity index (χ3n) is 4.94. The van der Waals surface area contributed by atoms with E-state index in [1.54, 1.807) is 0 Å². The summed E-state index contributed by atoms with van der Waals surface area (Å²) in [5, 5.41) is 9.49. The third-order valence-corrected chi connectivity index (χ3v) is 5.17. The number of nitrogens with zero attached hydrogens (tertiary/aromatic N) is 5. The van der Waals surface area contributed by atoms with Gasteiger partial charge in [0.1, 0.15) is 11.6 Å². The molecule has 2 aliphatic heterocycles. The molecule has 1 aromatic heterocycles. The van der Waals surface area contributed by atoms with Gasteiger partial charge in [0.15, 0.2) is 0 Å².